The lowest BCUT2D eigenvalue weighted by molar-refractivity contribution is -0.120. The third kappa shape index (κ3) is 5.00. The van der Waals surface area contributed by atoms with Gasteiger partial charge in [-0.1, -0.05) is 0 Å². The summed E-state index contributed by atoms with van der Waals surface area (Å²) in [5, 5.41) is 3.07. The van der Waals surface area contributed by atoms with Crippen LogP contribution in [0, 0.1) is 0 Å². The van der Waals surface area contributed by atoms with Crippen LogP contribution >= 0.6 is 0 Å². The number of ether oxygens (including phenoxy) is 1. The second-order valence-corrected chi connectivity index (χ2v) is 9.94. The molecule has 0 aliphatic carbocycles. The van der Waals surface area contributed by atoms with Gasteiger partial charge in [0, 0.05) is 57.6 Å². The number of hydrogen-bond donors (Lipinski definition) is 1. The van der Waals surface area contributed by atoms with Gasteiger partial charge in [0.1, 0.15) is 11.8 Å². The minimum Gasteiger partial charge on any atom is -0.497 e. The van der Waals surface area contributed by atoms with Crippen molar-refractivity contribution in [1.29, 1.82) is 0 Å². The zero-order valence-electron chi connectivity index (χ0n) is 21.4. The van der Waals surface area contributed by atoms with Crippen LogP contribution in [0.3, 0.4) is 0 Å². The number of methoxy groups -OCH3 is 1. The van der Waals surface area contributed by atoms with Gasteiger partial charge in [0.25, 0.3) is 5.91 Å². The number of rotatable bonds is 7. The fourth-order valence-electron chi connectivity index (χ4n) is 5.62. The first-order chi connectivity index (χ1) is 17.5. The van der Waals surface area contributed by atoms with Crippen LogP contribution in [0.15, 0.2) is 42.5 Å². The molecule has 0 spiro atoms. The number of nitrogens with zero attached hydrogens (tertiary/aromatic N) is 4. The number of carbonyl (C=O) groups excluding carboxylic acids is 2. The summed E-state index contributed by atoms with van der Waals surface area (Å²) in [6.45, 7) is 6.53. The Balaban J connectivity index is 1.08. The third-order valence-corrected chi connectivity index (χ3v) is 7.77. The van der Waals surface area contributed by atoms with Crippen LogP contribution in [0.1, 0.15) is 36.0 Å². The molecule has 36 heavy (non-hydrogen) atoms. The molecule has 5 rings (SSSR count). The highest BCUT2D eigenvalue weighted by molar-refractivity contribution is 6.07. The number of anilines is 3. The van der Waals surface area contributed by atoms with E-state index >= 15 is 0 Å². The van der Waals surface area contributed by atoms with Crippen molar-refractivity contribution in [2.24, 2.45) is 0 Å². The second kappa shape index (κ2) is 10.8. The minimum absolute atomic E-state index is 0.0611. The van der Waals surface area contributed by atoms with E-state index in [0.717, 1.165) is 82.1 Å². The van der Waals surface area contributed by atoms with Crippen LogP contribution in [0.2, 0.25) is 0 Å². The second-order valence-electron chi connectivity index (χ2n) is 9.94. The van der Waals surface area contributed by atoms with Crippen LogP contribution in [0.25, 0.3) is 0 Å². The van der Waals surface area contributed by atoms with E-state index in [0.29, 0.717) is 12.1 Å². The highest BCUT2D eigenvalue weighted by atomic mass is 16.5. The van der Waals surface area contributed by atoms with Gasteiger partial charge in [-0.25, -0.2) is 0 Å². The van der Waals surface area contributed by atoms with E-state index in [9.17, 15) is 9.59 Å². The summed E-state index contributed by atoms with van der Waals surface area (Å²) in [5.74, 6) is 0.932. The van der Waals surface area contributed by atoms with Crippen LogP contribution in [0.5, 0.6) is 5.75 Å². The normalized spacial score (nSPS) is 20.1. The summed E-state index contributed by atoms with van der Waals surface area (Å²) in [4.78, 5) is 34.5. The molecule has 8 heteroatoms. The van der Waals surface area contributed by atoms with Crippen molar-refractivity contribution in [3.63, 3.8) is 0 Å². The maximum Gasteiger partial charge on any atom is 0.251 e. The van der Waals surface area contributed by atoms with Gasteiger partial charge >= 0.3 is 0 Å². The average Bonchev–Trinajstić information content (AvgIpc) is 2.94. The molecule has 1 atom stereocenters. The largest absolute Gasteiger partial charge is 0.497 e. The van der Waals surface area contributed by atoms with E-state index < -0.39 is 0 Å². The summed E-state index contributed by atoms with van der Waals surface area (Å²) in [7, 11) is 3.51. The van der Waals surface area contributed by atoms with Gasteiger partial charge in [-0.05, 0) is 74.7 Å². The molecule has 0 aromatic heterocycles. The molecule has 1 N–H and O–H groups in total. The molecule has 3 aliphatic rings. The van der Waals surface area contributed by atoms with E-state index in [-0.39, 0.29) is 17.9 Å². The maximum absolute atomic E-state index is 12.9. The van der Waals surface area contributed by atoms with Gasteiger partial charge in [-0.3, -0.25) is 14.5 Å². The van der Waals surface area contributed by atoms with Gasteiger partial charge < -0.3 is 24.8 Å². The lowest BCUT2D eigenvalue weighted by Crippen LogP contribution is -2.54. The standard InChI is InChI=1S/C28H37N5O3/c1-30-26-20-21(7-12-24(26)33-15-4-3-6-25(33)28(30)35)27(34)29-13-5-14-31-16-18-32(19-17-31)22-8-10-23(36-2)11-9-22/h7-12,20,25H,3-6,13-19H2,1-2H3,(H,29,34)/t25-/m1/s1. The fourth-order valence-corrected chi connectivity index (χ4v) is 5.62. The number of piperazine rings is 1. The van der Waals surface area contributed by atoms with E-state index in [4.69, 9.17) is 4.74 Å². The zero-order valence-corrected chi connectivity index (χ0v) is 21.4. The maximum atomic E-state index is 12.9. The highest BCUT2D eigenvalue weighted by Gasteiger charge is 2.38. The smallest absolute Gasteiger partial charge is 0.251 e. The summed E-state index contributed by atoms with van der Waals surface area (Å²) in [6.07, 6.45) is 4.01. The third-order valence-electron chi connectivity index (χ3n) is 7.77. The number of nitrogens with one attached hydrogen (secondary N) is 1. The zero-order chi connectivity index (χ0) is 25.1. The number of amides is 2. The van der Waals surface area contributed by atoms with Crippen molar-refractivity contribution >= 4 is 28.9 Å². The van der Waals surface area contributed by atoms with Crippen molar-refractivity contribution in [2.75, 3.05) is 74.7 Å². The Bertz CT molecular complexity index is 1080. The molecule has 2 aromatic carbocycles. The first-order valence-corrected chi connectivity index (χ1v) is 13.1. The van der Waals surface area contributed by atoms with Gasteiger partial charge in [0.05, 0.1) is 18.5 Å². The number of benzene rings is 2. The van der Waals surface area contributed by atoms with Crippen molar-refractivity contribution in [2.45, 2.75) is 31.7 Å². The first kappa shape index (κ1) is 24.4. The Morgan fingerprint density at radius 1 is 1.00 bits per heavy atom. The molecular weight excluding hydrogens is 454 g/mol. The lowest BCUT2D eigenvalue weighted by Gasteiger charge is -2.44. The molecule has 3 aliphatic heterocycles. The molecule has 192 valence electrons. The van der Waals surface area contributed by atoms with E-state index in [1.54, 1.807) is 12.0 Å². The van der Waals surface area contributed by atoms with Crippen molar-refractivity contribution in [3.05, 3.63) is 48.0 Å². The fraction of sp³-hybridized carbons (Fsp3) is 0.500. The van der Waals surface area contributed by atoms with Crippen LogP contribution in [-0.2, 0) is 4.79 Å². The summed E-state index contributed by atoms with van der Waals surface area (Å²) in [5.41, 5.74) is 3.74. The van der Waals surface area contributed by atoms with Crippen molar-refractivity contribution in [1.82, 2.24) is 10.2 Å². The molecule has 2 fully saturated rings. The Labute approximate surface area is 213 Å². The molecule has 8 nitrogen and oxygen atoms in total. The molecule has 0 unspecified atom stereocenters. The van der Waals surface area contributed by atoms with Crippen molar-refractivity contribution in [3.8, 4) is 5.75 Å². The van der Waals surface area contributed by atoms with Gasteiger partial charge in [0.2, 0.25) is 5.91 Å². The molecule has 2 aromatic rings. The lowest BCUT2D eigenvalue weighted by atomic mass is 9.96. The van der Waals surface area contributed by atoms with Crippen LogP contribution < -0.4 is 24.8 Å². The first-order valence-electron chi connectivity index (χ1n) is 13.1. The van der Waals surface area contributed by atoms with Gasteiger partial charge in [-0.2, -0.15) is 0 Å². The summed E-state index contributed by atoms with van der Waals surface area (Å²) in [6, 6.07) is 13.9. The predicted molar refractivity (Wildman–Crippen MR) is 143 cm³/mol. The Morgan fingerprint density at radius 2 is 1.78 bits per heavy atom. The monoisotopic (exact) mass is 491 g/mol. The Morgan fingerprint density at radius 3 is 2.53 bits per heavy atom. The quantitative estimate of drug-likeness (QED) is 0.601. The number of carbonyl (C=O) groups is 2. The average molecular weight is 492 g/mol. The summed E-state index contributed by atoms with van der Waals surface area (Å²) >= 11 is 0. The molecule has 3 heterocycles. The number of likely N-dealkylation sites (N-methyl/N-ethyl adjacent to an activating group) is 1. The number of piperidine rings is 1. The Kier molecular flexibility index (Phi) is 7.32. The molecule has 2 saturated heterocycles. The van der Waals surface area contributed by atoms with Crippen LogP contribution in [-0.4, -0.2) is 82.7 Å². The molecule has 0 bridgehead atoms. The van der Waals surface area contributed by atoms with E-state index in [1.165, 1.54) is 5.69 Å². The molecule has 2 amide bonds. The Hall–Kier alpha value is -3.26. The van der Waals surface area contributed by atoms with Crippen LogP contribution in [0.4, 0.5) is 17.1 Å². The van der Waals surface area contributed by atoms with E-state index in [2.05, 4.69) is 32.1 Å². The SMILES string of the molecule is COc1ccc(N2CCN(CCCNC(=O)c3ccc4c(c3)N(C)C(=O)[C@H]3CCCCN43)CC2)cc1. The van der Waals surface area contributed by atoms with E-state index in [1.807, 2.05) is 37.4 Å². The summed E-state index contributed by atoms with van der Waals surface area (Å²) < 4.78 is 5.25. The predicted octanol–water partition coefficient (Wildman–Crippen LogP) is 2.97. The molecular formula is C28H37N5O3. The number of fused-ring (bicyclic) bond motifs is 3. The minimum atomic E-state index is -0.0799. The molecule has 0 saturated carbocycles. The topological polar surface area (TPSA) is 68.4 Å². The number of hydrogen-bond acceptors (Lipinski definition) is 6. The highest BCUT2D eigenvalue weighted by Crippen LogP contribution is 2.39. The van der Waals surface area contributed by atoms with Crippen molar-refractivity contribution < 1.29 is 14.3 Å². The van der Waals surface area contributed by atoms with Gasteiger partial charge in [0.15, 0.2) is 0 Å². The molecule has 0 radical (unpaired) electrons. The van der Waals surface area contributed by atoms with Gasteiger partial charge in [-0.15, -0.1) is 0 Å².